The zero-order chi connectivity index (χ0) is 23.6. The van der Waals surface area contributed by atoms with Crippen LogP contribution in [0.15, 0.2) is 54.1 Å². The summed E-state index contributed by atoms with van der Waals surface area (Å²) in [7, 11) is 0. The Bertz CT molecular complexity index is 1240. The molecular weight excluding hydrogens is 418 g/mol. The molecule has 0 aliphatic rings. The minimum Gasteiger partial charge on any atom is -0.321 e. The Morgan fingerprint density at radius 1 is 1.06 bits per heavy atom. The molecule has 0 spiro atoms. The van der Waals surface area contributed by atoms with Crippen molar-refractivity contribution < 1.29 is 4.79 Å². The smallest absolute Gasteiger partial charge is 0.266 e. The third kappa shape index (κ3) is 4.95. The van der Waals surface area contributed by atoms with E-state index in [-0.39, 0.29) is 11.0 Å². The van der Waals surface area contributed by atoms with Gasteiger partial charge in [0, 0.05) is 27.8 Å². The molecule has 0 unspecified atom stereocenters. The van der Waals surface area contributed by atoms with E-state index in [1.54, 1.807) is 18.2 Å². The van der Waals surface area contributed by atoms with Gasteiger partial charge in [0.25, 0.3) is 5.91 Å². The fourth-order valence-electron chi connectivity index (χ4n) is 3.61. The van der Waals surface area contributed by atoms with Crippen molar-refractivity contribution in [3.8, 4) is 11.8 Å². The van der Waals surface area contributed by atoms with Gasteiger partial charge in [-0.3, -0.25) is 4.79 Å². The zero-order valence-electron chi connectivity index (χ0n) is 19.4. The minimum atomic E-state index is -0.466. The van der Waals surface area contributed by atoms with Gasteiger partial charge in [0.15, 0.2) is 0 Å². The number of aromatic nitrogens is 1. The Morgan fingerprint density at radius 2 is 1.72 bits per heavy atom. The summed E-state index contributed by atoms with van der Waals surface area (Å²) < 4.78 is 2.13. The lowest BCUT2D eigenvalue weighted by Crippen LogP contribution is -2.13. The van der Waals surface area contributed by atoms with E-state index < -0.39 is 5.91 Å². The number of amides is 1. The quantitative estimate of drug-likeness (QED) is 0.350. The van der Waals surface area contributed by atoms with E-state index in [4.69, 9.17) is 11.6 Å². The average molecular weight is 446 g/mol. The third-order valence-corrected chi connectivity index (χ3v) is 5.96. The number of hydrogen-bond donors (Lipinski definition) is 1. The van der Waals surface area contributed by atoms with Crippen LogP contribution < -0.4 is 5.32 Å². The zero-order valence-corrected chi connectivity index (χ0v) is 20.1. The van der Waals surface area contributed by atoms with E-state index >= 15 is 0 Å². The summed E-state index contributed by atoms with van der Waals surface area (Å²) in [5, 5.41) is 12.9. The minimum absolute atomic E-state index is 0.0324. The lowest BCUT2D eigenvalue weighted by molar-refractivity contribution is -0.112. The van der Waals surface area contributed by atoms with Gasteiger partial charge in [0.2, 0.25) is 0 Å². The molecule has 0 bridgehead atoms. The van der Waals surface area contributed by atoms with Crippen molar-refractivity contribution in [3.05, 3.63) is 87.2 Å². The molecule has 0 saturated heterocycles. The molecule has 164 valence electrons. The first-order chi connectivity index (χ1) is 15.0. The highest BCUT2D eigenvalue weighted by Gasteiger charge is 2.16. The maximum atomic E-state index is 12.7. The first-order valence-corrected chi connectivity index (χ1v) is 10.9. The number of hydrogen-bond acceptors (Lipinski definition) is 2. The van der Waals surface area contributed by atoms with Crippen LogP contribution in [0.4, 0.5) is 5.69 Å². The second kappa shape index (κ2) is 9.06. The van der Waals surface area contributed by atoms with E-state index in [0.717, 1.165) is 28.2 Å². The van der Waals surface area contributed by atoms with Crippen molar-refractivity contribution in [2.75, 3.05) is 5.32 Å². The van der Waals surface area contributed by atoms with Crippen LogP contribution in [0.1, 0.15) is 48.8 Å². The van der Waals surface area contributed by atoms with E-state index in [0.29, 0.717) is 10.7 Å². The largest absolute Gasteiger partial charge is 0.321 e. The second-order valence-corrected chi connectivity index (χ2v) is 9.45. The van der Waals surface area contributed by atoms with Crippen LogP contribution >= 0.6 is 11.6 Å². The number of aryl methyl sites for hydroxylation is 2. The fourth-order valence-corrected chi connectivity index (χ4v) is 3.80. The van der Waals surface area contributed by atoms with Crippen LogP contribution in [-0.4, -0.2) is 10.5 Å². The van der Waals surface area contributed by atoms with E-state index in [1.807, 2.05) is 39.0 Å². The number of anilines is 1. The van der Waals surface area contributed by atoms with E-state index in [9.17, 15) is 10.1 Å². The molecule has 0 radical (unpaired) electrons. The molecule has 5 heteroatoms. The molecule has 1 heterocycles. The van der Waals surface area contributed by atoms with Crippen molar-refractivity contribution in [1.29, 1.82) is 5.26 Å². The summed E-state index contributed by atoms with van der Waals surface area (Å²) in [6, 6.07) is 17.8. The van der Waals surface area contributed by atoms with Gasteiger partial charge in [-0.25, -0.2) is 0 Å². The third-order valence-electron chi connectivity index (χ3n) is 5.56. The molecule has 3 rings (SSSR count). The number of nitrogens with one attached hydrogen (secondary N) is 1. The average Bonchev–Trinajstić information content (AvgIpc) is 3.01. The Kier molecular flexibility index (Phi) is 6.62. The van der Waals surface area contributed by atoms with Gasteiger partial charge in [-0.15, -0.1) is 0 Å². The van der Waals surface area contributed by atoms with Crippen molar-refractivity contribution in [3.63, 3.8) is 0 Å². The molecule has 0 aliphatic carbocycles. The van der Waals surface area contributed by atoms with Crippen molar-refractivity contribution in [1.82, 2.24) is 4.57 Å². The number of halogens is 1. The number of nitrogens with zero attached hydrogens (tertiary/aromatic N) is 2. The first kappa shape index (κ1) is 23.4. The summed E-state index contributed by atoms with van der Waals surface area (Å²) >= 11 is 6.14. The number of benzene rings is 2. The van der Waals surface area contributed by atoms with Crippen molar-refractivity contribution >= 4 is 29.3 Å². The predicted octanol–water partition coefficient (Wildman–Crippen LogP) is 6.90. The van der Waals surface area contributed by atoms with Crippen LogP contribution in [0.2, 0.25) is 5.02 Å². The summed E-state index contributed by atoms with van der Waals surface area (Å²) in [4.78, 5) is 12.7. The first-order valence-electron chi connectivity index (χ1n) is 10.5. The molecule has 1 N–H and O–H groups in total. The van der Waals surface area contributed by atoms with Crippen LogP contribution in [0, 0.1) is 32.1 Å². The monoisotopic (exact) mass is 445 g/mol. The Labute approximate surface area is 195 Å². The lowest BCUT2D eigenvalue weighted by Gasteiger charge is -2.20. The highest BCUT2D eigenvalue weighted by molar-refractivity contribution is 6.31. The standard InChI is InChI=1S/C27H28ClN3O/c1-17-7-10-23(15-25(17)28)30-26(32)21(16-29)14-20-13-18(2)31(19(20)3)24-11-8-22(9-12-24)27(4,5)6/h7-15H,1-6H3,(H,30,32)/b21-14-. The normalized spacial score (nSPS) is 11.9. The fraction of sp³-hybridized carbons (Fsp3) is 0.259. The van der Waals surface area contributed by atoms with Gasteiger partial charge in [-0.1, -0.05) is 50.6 Å². The highest BCUT2D eigenvalue weighted by atomic mass is 35.5. The van der Waals surface area contributed by atoms with E-state index in [1.165, 1.54) is 5.56 Å². The molecule has 0 aliphatic heterocycles. The molecule has 4 nitrogen and oxygen atoms in total. The topological polar surface area (TPSA) is 57.8 Å². The highest BCUT2D eigenvalue weighted by Crippen LogP contribution is 2.27. The maximum absolute atomic E-state index is 12.7. The maximum Gasteiger partial charge on any atom is 0.266 e. The van der Waals surface area contributed by atoms with Gasteiger partial charge in [-0.2, -0.15) is 5.26 Å². The Morgan fingerprint density at radius 3 is 2.28 bits per heavy atom. The molecule has 2 aromatic carbocycles. The van der Waals surface area contributed by atoms with Crippen molar-refractivity contribution in [2.45, 2.75) is 47.0 Å². The molecule has 32 heavy (non-hydrogen) atoms. The second-order valence-electron chi connectivity index (χ2n) is 9.05. The van der Waals surface area contributed by atoms with Gasteiger partial charge in [-0.05, 0) is 79.3 Å². The molecule has 0 fully saturated rings. The lowest BCUT2D eigenvalue weighted by atomic mass is 9.87. The SMILES string of the molecule is Cc1ccc(NC(=O)/C(C#N)=C\c2cc(C)n(-c3ccc(C(C)(C)C)cc3)c2C)cc1Cl. The molecule has 0 atom stereocenters. The van der Waals surface area contributed by atoms with Crippen molar-refractivity contribution in [2.24, 2.45) is 0 Å². The van der Waals surface area contributed by atoms with Gasteiger partial charge in [0.05, 0.1) is 0 Å². The van der Waals surface area contributed by atoms with Crippen LogP contribution in [0.25, 0.3) is 11.8 Å². The summed E-state index contributed by atoms with van der Waals surface area (Å²) in [5.74, 6) is -0.466. The van der Waals surface area contributed by atoms with Crippen LogP contribution in [0.5, 0.6) is 0 Å². The van der Waals surface area contributed by atoms with E-state index in [2.05, 4.69) is 54.9 Å². The Balaban J connectivity index is 1.91. The number of nitriles is 1. The molecule has 1 amide bonds. The Hall–Kier alpha value is -3.29. The van der Waals surface area contributed by atoms with Crippen LogP contribution in [-0.2, 0) is 10.2 Å². The molecule has 3 aromatic rings. The molecular formula is C27H28ClN3O. The van der Waals surface area contributed by atoms with Crippen LogP contribution in [0.3, 0.4) is 0 Å². The predicted molar refractivity (Wildman–Crippen MR) is 132 cm³/mol. The summed E-state index contributed by atoms with van der Waals surface area (Å²) in [6.07, 6.45) is 1.63. The number of carbonyl (C=O) groups excluding carboxylic acids is 1. The summed E-state index contributed by atoms with van der Waals surface area (Å²) in [5.41, 5.74) is 6.73. The molecule has 1 aromatic heterocycles. The van der Waals surface area contributed by atoms with Gasteiger partial charge >= 0.3 is 0 Å². The van der Waals surface area contributed by atoms with Gasteiger partial charge in [0.1, 0.15) is 11.6 Å². The molecule has 0 saturated carbocycles. The van der Waals surface area contributed by atoms with Gasteiger partial charge < -0.3 is 9.88 Å². The number of rotatable bonds is 4. The summed E-state index contributed by atoms with van der Waals surface area (Å²) in [6.45, 7) is 12.5. The number of carbonyl (C=O) groups is 1.